The number of likely N-dealkylation sites (N-methyl/N-ethyl adjacent to an activating group) is 1. The maximum Gasteiger partial charge on any atom is 0.251 e. The molecule has 1 heterocycles. The van der Waals surface area contributed by atoms with Crippen LogP contribution in [0.25, 0.3) is 6.08 Å². The Labute approximate surface area is 116 Å². The molecule has 0 aliphatic heterocycles. The summed E-state index contributed by atoms with van der Waals surface area (Å²) in [7, 11) is 0. The van der Waals surface area contributed by atoms with Crippen molar-refractivity contribution in [2.75, 3.05) is 11.4 Å². The zero-order chi connectivity index (χ0) is 13.7. The van der Waals surface area contributed by atoms with Crippen LogP contribution in [0.3, 0.4) is 0 Å². The predicted octanol–water partition coefficient (Wildman–Crippen LogP) is 3.52. The Morgan fingerprint density at radius 1 is 1.37 bits per heavy atom. The summed E-state index contributed by atoms with van der Waals surface area (Å²) in [5.41, 5.74) is 0.698. The fourth-order valence-electron chi connectivity index (χ4n) is 1.76. The molecular weight excluding hydrogens is 258 g/mol. The van der Waals surface area contributed by atoms with Crippen molar-refractivity contribution in [1.82, 2.24) is 0 Å². The van der Waals surface area contributed by atoms with Gasteiger partial charge < -0.3 is 10.0 Å². The minimum atomic E-state index is -0.0958. The smallest absolute Gasteiger partial charge is 0.251 e. The van der Waals surface area contributed by atoms with Crippen LogP contribution in [0, 0.1) is 0 Å². The summed E-state index contributed by atoms with van der Waals surface area (Å²) in [6, 6.07) is 10.6. The molecule has 98 valence electrons. The Morgan fingerprint density at radius 3 is 2.84 bits per heavy atom. The Bertz CT molecular complexity index is 576. The summed E-state index contributed by atoms with van der Waals surface area (Å²) >= 11 is 1.58. The number of amides is 1. The first-order valence-electron chi connectivity index (χ1n) is 6.03. The highest BCUT2D eigenvalue weighted by Gasteiger charge is 2.11. The number of nitrogens with zero attached hydrogens (tertiary/aromatic N) is 1. The number of anilines is 1. The largest absolute Gasteiger partial charge is 0.508 e. The van der Waals surface area contributed by atoms with E-state index >= 15 is 0 Å². The van der Waals surface area contributed by atoms with Gasteiger partial charge in [0.25, 0.3) is 5.91 Å². The second kappa shape index (κ2) is 6.20. The molecule has 0 aliphatic carbocycles. The molecule has 0 radical (unpaired) electrons. The molecule has 0 spiro atoms. The maximum atomic E-state index is 12.1. The molecule has 1 amide bonds. The van der Waals surface area contributed by atoms with Crippen molar-refractivity contribution in [3.63, 3.8) is 0 Å². The molecule has 19 heavy (non-hydrogen) atoms. The Kier molecular flexibility index (Phi) is 4.36. The summed E-state index contributed by atoms with van der Waals surface area (Å²) < 4.78 is 0. The van der Waals surface area contributed by atoms with Crippen molar-refractivity contribution in [2.24, 2.45) is 0 Å². The monoisotopic (exact) mass is 273 g/mol. The number of rotatable bonds is 4. The number of benzene rings is 1. The average molecular weight is 273 g/mol. The van der Waals surface area contributed by atoms with E-state index in [0.717, 1.165) is 4.88 Å². The number of hydrogen-bond donors (Lipinski definition) is 1. The van der Waals surface area contributed by atoms with Crippen molar-refractivity contribution in [1.29, 1.82) is 0 Å². The van der Waals surface area contributed by atoms with Crippen LogP contribution in [0.15, 0.2) is 47.9 Å². The minimum absolute atomic E-state index is 0.0958. The fourth-order valence-corrected chi connectivity index (χ4v) is 2.37. The standard InChI is InChI=1S/C15H15NO2S/c1-2-16(12-5-3-6-13(17)11-12)15(18)9-8-14-7-4-10-19-14/h3-11,17H,2H2,1H3/b9-8+. The van der Waals surface area contributed by atoms with Crippen molar-refractivity contribution >= 4 is 29.0 Å². The van der Waals surface area contributed by atoms with Crippen molar-refractivity contribution < 1.29 is 9.90 Å². The average Bonchev–Trinajstić information content (AvgIpc) is 2.90. The number of thiophene rings is 1. The molecule has 0 saturated heterocycles. The summed E-state index contributed by atoms with van der Waals surface area (Å²) in [5, 5.41) is 11.4. The van der Waals surface area contributed by atoms with Crippen molar-refractivity contribution in [3.8, 4) is 5.75 Å². The van der Waals surface area contributed by atoms with Gasteiger partial charge in [-0.3, -0.25) is 4.79 Å². The van der Waals surface area contributed by atoms with Crippen LogP contribution in [0.4, 0.5) is 5.69 Å². The molecule has 1 aromatic carbocycles. The fraction of sp³-hybridized carbons (Fsp3) is 0.133. The van der Waals surface area contributed by atoms with E-state index in [0.29, 0.717) is 12.2 Å². The number of carbonyl (C=O) groups excluding carboxylic acids is 1. The summed E-state index contributed by atoms with van der Waals surface area (Å²) in [4.78, 5) is 14.8. The maximum absolute atomic E-state index is 12.1. The van der Waals surface area contributed by atoms with E-state index in [1.165, 1.54) is 0 Å². The van der Waals surface area contributed by atoms with E-state index in [1.54, 1.807) is 52.7 Å². The number of aromatic hydroxyl groups is 1. The van der Waals surface area contributed by atoms with Gasteiger partial charge in [0.2, 0.25) is 0 Å². The molecule has 0 fully saturated rings. The third-order valence-electron chi connectivity index (χ3n) is 2.66. The molecule has 3 nitrogen and oxygen atoms in total. The minimum Gasteiger partial charge on any atom is -0.508 e. The highest BCUT2D eigenvalue weighted by atomic mass is 32.1. The lowest BCUT2D eigenvalue weighted by atomic mass is 10.2. The van der Waals surface area contributed by atoms with Crippen molar-refractivity contribution in [3.05, 3.63) is 52.7 Å². The highest BCUT2D eigenvalue weighted by Crippen LogP contribution is 2.20. The van der Waals surface area contributed by atoms with Gasteiger partial charge in [-0.25, -0.2) is 0 Å². The van der Waals surface area contributed by atoms with E-state index in [-0.39, 0.29) is 11.7 Å². The molecule has 0 bridgehead atoms. The SMILES string of the molecule is CCN(C(=O)/C=C/c1cccs1)c1cccc(O)c1. The van der Waals surface area contributed by atoms with Gasteiger partial charge in [-0.2, -0.15) is 0 Å². The van der Waals surface area contributed by atoms with Gasteiger partial charge in [-0.15, -0.1) is 11.3 Å². The van der Waals surface area contributed by atoms with E-state index in [9.17, 15) is 9.90 Å². The molecular formula is C15H15NO2S. The van der Waals surface area contributed by atoms with Gasteiger partial charge in [-0.05, 0) is 36.6 Å². The lowest BCUT2D eigenvalue weighted by Crippen LogP contribution is -2.28. The molecule has 0 unspecified atom stereocenters. The topological polar surface area (TPSA) is 40.5 Å². The zero-order valence-corrected chi connectivity index (χ0v) is 11.4. The lowest BCUT2D eigenvalue weighted by molar-refractivity contribution is -0.114. The molecule has 0 atom stereocenters. The predicted molar refractivity (Wildman–Crippen MR) is 79.5 cm³/mol. The zero-order valence-electron chi connectivity index (χ0n) is 10.6. The summed E-state index contributed by atoms with van der Waals surface area (Å²) in [6.07, 6.45) is 3.36. The molecule has 1 aromatic heterocycles. The van der Waals surface area contributed by atoms with Gasteiger partial charge >= 0.3 is 0 Å². The second-order valence-electron chi connectivity index (χ2n) is 3.95. The van der Waals surface area contributed by atoms with Gasteiger partial charge in [0, 0.05) is 29.3 Å². The van der Waals surface area contributed by atoms with Crippen LogP contribution in [0.1, 0.15) is 11.8 Å². The Morgan fingerprint density at radius 2 is 2.21 bits per heavy atom. The quantitative estimate of drug-likeness (QED) is 0.866. The third-order valence-corrected chi connectivity index (χ3v) is 3.49. The van der Waals surface area contributed by atoms with Crippen LogP contribution >= 0.6 is 11.3 Å². The number of hydrogen-bond acceptors (Lipinski definition) is 3. The molecule has 4 heteroatoms. The first-order valence-corrected chi connectivity index (χ1v) is 6.91. The van der Waals surface area contributed by atoms with E-state index in [1.807, 2.05) is 24.4 Å². The summed E-state index contributed by atoms with van der Waals surface area (Å²) in [5.74, 6) is 0.0625. The highest BCUT2D eigenvalue weighted by molar-refractivity contribution is 7.10. The Hall–Kier alpha value is -2.07. The molecule has 0 aliphatic rings. The lowest BCUT2D eigenvalue weighted by Gasteiger charge is -2.19. The van der Waals surface area contributed by atoms with Crippen LogP contribution < -0.4 is 4.90 Å². The number of phenolic OH excluding ortho intramolecular Hbond substituents is 1. The first kappa shape index (κ1) is 13.4. The van der Waals surface area contributed by atoms with E-state index < -0.39 is 0 Å². The normalized spacial score (nSPS) is 10.8. The summed E-state index contributed by atoms with van der Waals surface area (Å²) in [6.45, 7) is 2.46. The second-order valence-corrected chi connectivity index (χ2v) is 4.93. The van der Waals surface area contributed by atoms with Crippen LogP contribution in [-0.2, 0) is 4.79 Å². The molecule has 2 aromatic rings. The van der Waals surface area contributed by atoms with Crippen LogP contribution in [0.5, 0.6) is 5.75 Å². The molecule has 2 rings (SSSR count). The van der Waals surface area contributed by atoms with Crippen LogP contribution in [-0.4, -0.2) is 17.6 Å². The van der Waals surface area contributed by atoms with Gasteiger partial charge in [0.15, 0.2) is 0 Å². The molecule has 1 N–H and O–H groups in total. The molecule has 0 saturated carbocycles. The first-order chi connectivity index (χ1) is 9.20. The van der Waals surface area contributed by atoms with Crippen molar-refractivity contribution in [2.45, 2.75) is 6.92 Å². The van der Waals surface area contributed by atoms with Gasteiger partial charge in [0.1, 0.15) is 5.75 Å². The number of phenols is 1. The van der Waals surface area contributed by atoms with Crippen LogP contribution in [0.2, 0.25) is 0 Å². The third kappa shape index (κ3) is 3.45. The van der Waals surface area contributed by atoms with E-state index in [2.05, 4.69) is 0 Å². The van der Waals surface area contributed by atoms with Gasteiger partial charge in [-0.1, -0.05) is 12.1 Å². The van der Waals surface area contributed by atoms with Gasteiger partial charge in [0.05, 0.1) is 0 Å². The number of carbonyl (C=O) groups is 1. The Balaban J connectivity index is 2.15. The van der Waals surface area contributed by atoms with E-state index in [4.69, 9.17) is 0 Å².